The summed E-state index contributed by atoms with van der Waals surface area (Å²) >= 11 is 0. The number of allylic oxidation sites excluding steroid dienone is 2. The fraction of sp³-hybridized carbons (Fsp3) is 0.857. The highest BCUT2D eigenvalue weighted by Gasteiger charge is 1.92. The molecule has 0 saturated carbocycles. The molecule has 0 aliphatic rings. The van der Waals surface area contributed by atoms with Crippen LogP contribution in [0, 0.1) is 0 Å². The van der Waals surface area contributed by atoms with Crippen LogP contribution in [0.5, 0.6) is 0 Å². The van der Waals surface area contributed by atoms with Crippen LogP contribution in [0.25, 0.3) is 0 Å². The highest BCUT2D eigenvalue weighted by molar-refractivity contribution is 4.96. The molecule has 0 N–H and O–H groups in total. The molecule has 0 atom stereocenters. The Labute approximate surface area is 90.8 Å². The van der Waals surface area contributed by atoms with Crippen molar-refractivity contribution in [1.82, 2.24) is 0 Å². The lowest BCUT2D eigenvalue weighted by Gasteiger charge is -2.01. The van der Waals surface area contributed by atoms with Gasteiger partial charge in [-0.2, -0.15) is 0 Å². The Morgan fingerprint density at radius 2 is 1.43 bits per heavy atom. The van der Waals surface area contributed by atoms with Gasteiger partial charge in [0.15, 0.2) is 0 Å². The van der Waals surface area contributed by atoms with E-state index in [1.165, 1.54) is 57.8 Å². The Morgan fingerprint density at radius 3 is 2.00 bits per heavy atom. The zero-order chi connectivity index (χ0) is 10.6. The molecule has 0 radical (unpaired) electrons. The summed E-state index contributed by atoms with van der Waals surface area (Å²) in [5, 5.41) is 0. The second-order valence-corrected chi connectivity index (χ2v) is 4.33. The summed E-state index contributed by atoms with van der Waals surface area (Å²) in [5.74, 6) is 0. The Bertz CT molecular complexity index is 133. The van der Waals surface area contributed by atoms with E-state index < -0.39 is 0 Å². The van der Waals surface area contributed by atoms with E-state index in [-0.39, 0.29) is 0 Å². The monoisotopic (exact) mass is 196 g/mol. The molecule has 0 aliphatic carbocycles. The van der Waals surface area contributed by atoms with Crippen molar-refractivity contribution in [3.05, 3.63) is 11.6 Å². The maximum Gasteiger partial charge on any atom is -0.0323 e. The lowest BCUT2D eigenvalue weighted by Crippen LogP contribution is -1.82. The molecule has 0 bridgehead atoms. The molecular formula is C14H28. The van der Waals surface area contributed by atoms with E-state index in [1.54, 1.807) is 5.57 Å². The Hall–Kier alpha value is -0.260. The van der Waals surface area contributed by atoms with Crippen molar-refractivity contribution in [3.63, 3.8) is 0 Å². The topological polar surface area (TPSA) is 0 Å². The zero-order valence-corrected chi connectivity index (χ0v) is 10.4. The first-order valence-electron chi connectivity index (χ1n) is 6.46. The summed E-state index contributed by atoms with van der Waals surface area (Å²) < 4.78 is 0. The van der Waals surface area contributed by atoms with Crippen LogP contribution < -0.4 is 0 Å². The molecule has 0 unspecified atom stereocenters. The van der Waals surface area contributed by atoms with Crippen LogP contribution in [0.3, 0.4) is 0 Å². The molecule has 0 nitrogen and oxygen atoms in total. The average Bonchev–Trinajstić information content (AvgIpc) is 2.17. The third-order valence-corrected chi connectivity index (χ3v) is 2.73. The van der Waals surface area contributed by atoms with Crippen LogP contribution in [0.15, 0.2) is 11.6 Å². The fourth-order valence-electron chi connectivity index (χ4n) is 1.81. The van der Waals surface area contributed by atoms with E-state index in [0.29, 0.717) is 0 Å². The van der Waals surface area contributed by atoms with Gasteiger partial charge in [-0.1, -0.05) is 64.0 Å². The van der Waals surface area contributed by atoms with E-state index in [9.17, 15) is 0 Å². The minimum absolute atomic E-state index is 1.20. The summed E-state index contributed by atoms with van der Waals surface area (Å²) in [6.07, 6.45) is 14.8. The van der Waals surface area contributed by atoms with Gasteiger partial charge in [-0.25, -0.2) is 0 Å². The van der Waals surface area contributed by atoms with E-state index in [4.69, 9.17) is 0 Å². The van der Waals surface area contributed by atoms with Crippen molar-refractivity contribution in [2.75, 3.05) is 0 Å². The van der Waals surface area contributed by atoms with Gasteiger partial charge < -0.3 is 0 Å². The van der Waals surface area contributed by atoms with Gasteiger partial charge in [0.05, 0.1) is 0 Å². The molecule has 0 aromatic carbocycles. The molecule has 0 heterocycles. The number of unbranched alkanes of at least 4 members (excludes halogenated alkanes) is 6. The smallest absolute Gasteiger partial charge is 0.0323 e. The lowest BCUT2D eigenvalue weighted by molar-refractivity contribution is 0.588. The van der Waals surface area contributed by atoms with Crippen molar-refractivity contribution in [2.45, 2.75) is 78.6 Å². The first-order valence-corrected chi connectivity index (χ1v) is 6.46. The molecule has 0 aromatic rings. The fourth-order valence-corrected chi connectivity index (χ4v) is 1.81. The predicted octanol–water partition coefficient (Wildman–Crippen LogP) is 5.48. The molecule has 0 heteroatoms. The van der Waals surface area contributed by atoms with Gasteiger partial charge >= 0.3 is 0 Å². The van der Waals surface area contributed by atoms with Crippen LogP contribution in [-0.2, 0) is 0 Å². The summed E-state index contributed by atoms with van der Waals surface area (Å²) in [5.41, 5.74) is 1.58. The molecule has 84 valence electrons. The molecule has 14 heavy (non-hydrogen) atoms. The highest BCUT2D eigenvalue weighted by Crippen LogP contribution is 2.12. The largest absolute Gasteiger partial charge is 0.0859 e. The van der Waals surface area contributed by atoms with Crippen LogP contribution >= 0.6 is 0 Å². The third kappa shape index (κ3) is 9.83. The minimum atomic E-state index is 1.20. The summed E-state index contributed by atoms with van der Waals surface area (Å²) in [4.78, 5) is 0. The summed E-state index contributed by atoms with van der Waals surface area (Å²) in [6, 6.07) is 0. The van der Waals surface area contributed by atoms with Gasteiger partial charge in [-0.3, -0.25) is 0 Å². The van der Waals surface area contributed by atoms with Gasteiger partial charge in [0, 0.05) is 0 Å². The summed E-state index contributed by atoms with van der Waals surface area (Å²) in [6.45, 7) is 6.76. The van der Waals surface area contributed by atoms with E-state index in [0.717, 1.165) is 0 Å². The standard InChI is InChI=1S/C14H28/c1-4-6-7-8-9-10-11-13-14(3)12-5-2/h12H,4-11,13H2,1-3H3/b14-12+. The van der Waals surface area contributed by atoms with Crippen LogP contribution in [0.2, 0.25) is 0 Å². The maximum atomic E-state index is 2.36. The van der Waals surface area contributed by atoms with Crippen molar-refractivity contribution < 1.29 is 0 Å². The quantitative estimate of drug-likeness (QED) is 0.338. The van der Waals surface area contributed by atoms with Gasteiger partial charge in [0.1, 0.15) is 0 Å². The molecule has 0 spiro atoms. The second kappa shape index (κ2) is 10.8. The third-order valence-electron chi connectivity index (χ3n) is 2.73. The van der Waals surface area contributed by atoms with Crippen LogP contribution in [0.4, 0.5) is 0 Å². The molecule has 0 aromatic heterocycles. The first kappa shape index (κ1) is 13.7. The molecule has 0 rings (SSSR count). The van der Waals surface area contributed by atoms with Crippen molar-refractivity contribution >= 4 is 0 Å². The SMILES string of the molecule is CC/C=C(\C)CCCCCCCCC. The van der Waals surface area contributed by atoms with Crippen molar-refractivity contribution in [2.24, 2.45) is 0 Å². The Kier molecular flexibility index (Phi) is 10.6. The normalized spacial score (nSPS) is 12.1. The van der Waals surface area contributed by atoms with Crippen molar-refractivity contribution in [3.8, 4) is 0 Å². The first-order chi connectivity index (χ1) is 6.81. The molecule has 0 aliphatic heterocycles. The minimum Gasteiger partial charge on any atom is -0.0859 e. The van der Waals surface area contributed by atoms with E-state index in [2.05, 4.69) is 26.8 Å². The van der Waals surface area contributed by atoms with Crippen LogP contribution in [0.1, 0.15) is 78.6 Å². The van der Waals surface area contributed by atoms with Gasteiger partial charge in [-0.15, -0.1) is 0 Å². The van der Waals surface area contributed by atoms with Gasteiger partial charge in [0.25, 0.3) is 0 Å². The second-order valence-electron chi connectivity index (χ2n) is 4.33. The summed E-state index contributed by atoms with van der Waals surface area (Å²) in [7, 11) is 0. The predicted molar refractivity (Wildman–Crippen MR) is 66.7 cm³/mol. The number of hydrogen-bond donors (Lipinski definition) is 0. The number of hydrogen-bond acceptors (Lipinski definition) is 0. The van der Waals surface area contributed by atoms with E-state index in [1.807, 2.05) is 0 Å². The molecule has 0 amide bonds. The maximum absolute atomic E-state index is 2.36. The zero-order valence-electron chi connectivity index (χ0n) is 10.4. The number of rotatable bonds is 9. The molecular weight excluding hydrogens is 168 g/mol. The van der Waals surface area contributed by atoms with E-state index >= 15 is 0 Å². The molecule has 0 saturated heterocycles. The Balaban J connectivity index is 3.09. The Morgan fingerprint density at radius 1 is 0.857 bits per heavy atom. The lowest BCUT2D eigenvalue weighted by atomic mass is 10.1. The van der Waals surface area contributed by atoms with Crippen LogP contribution in [-0.4, -0.2) is 0 Å². The van der Waals surface area contributed by atoms with Gasteiger partial charge in [0.2, 0.25) is 0 Å². The highest BCUT2D eigenvalue weighted by atomic mass is 14.0. The van der Waals surface area contributed by atoms with Gasteiger partial charge in [-0.05, 0) is 26.2 Å². The average molecular weight is 196 g/mol. The molecule has 0 fully saturated rings. The van der Waals surface area contributed by atoms with Crippen molar-refractivity contribution in [1.29, 1.82) is 0 Å².